The summed E-state index contributed by atoms with van der Waals surface area (Å²) < 4.78 is 85.6. The van der Waals surface area contributed by atoms with E-state index in [2.05, 4.69) is 5.32 Å². The highest BCUT2D eigenvalue weighted by Crippen LogP contribution is 2.24. The molecule has 220 valence electrons. The van der Waals surface area contributed by atoms with Crippen molar-refractivity contribution < 1.29 is 34.8 Å². The molecule has 1 N–H and O–H groups in total. The standard InChI is InChI=1S/C25H34N4O8S3/c1-38(31,32)29(22-8-12-24(13-9-22)40(35,36)28-16-18-37-19-17-28)20-25(30)26-21-6-10-23(11-7-21)39(33,34)27-14-4-2-3-5-15-27/h6-13H,2-5,14-20H2,1H3,(H,26,30). The van der Waals surface area contributed by atoms with Crippen LogP contribution in [0.25, 0.3) is 0 Å². The molecule has 2 fully saturated rings. The predicted octanol–water partition coefficient (Wildman–Crippen LogP) is 1.68. The lowest BCUT2D eigenvalue weighted by Gasteiger charge is -2.26. The van der Waals surface area contributed by atoms with Gasteiger partial charge in [-0.15, -0.1) is 0 Å². The van der Waals surface area contributed by atoms with Gasteiger partial charge in [0.1, 0.15) is 6.54 Å². The summed E-state index contributed by atoms with van der Waals surface area (Å²) in [6.45, 7) is 1.43. The Balaban J connectivity index is 1.44. The quantitative estimate of drug-likeness (QED) is 0.448. The first-order valence-electron chi connectivity index (χ1n) is 12.9. The Morgan fingerprint density at radius 1 is 0.750 bits per heavy atom. The number of benzene rings is 2. The molecule has 2 aromatic rings. The molecule has 0 aromatic heterocycles. The van der Waals surface area contributed by atoms with Gasteiger partial charge in [-0.25, -0.2) is 25.3 Å². The molecular formula is C25H34N4O8S3. The lowest BCUT2D eigenvalue weighted by molar-refractivity contribution is -0.114. The number of anilines is 2. The molecule has 0 radical (unpaired) electrons. The number of ether oxygens (including phenoxy) is 1. The minimum absolute atomic E-state index is 0.00581. The summed E-state index contributed by atoms with van der Waals surface area (Å²) in [6.07, 6.45) is 4.58. The van der Waals surface area contributed by atoms with Crippen molar-refractivity contribution in [2.24, 2.45) is 0 Å². The van der Waals surface area contributed by atoms with Gasteiger partial charge in [-0.1, -0.05) is 12.8 Å². The fourth-order valence-corrected chi connectivity index (χ4v) is 8.37. The smallest absolute Gasteiger partial charge is 0.245 e. The molecular weight excluding hydrogens is 580 g/mol. The van der Waals surface area contributed by atoms with Gasteiger partial charge in [-0.2, -0.15) is 8.61 Å². The molecule has 1 amide bonds. The van der Waals surface area contributed by atoms with Crippen molar-refractivity contribution in [2.45, 2.75) is 35.5 Å². The number of rotatable bonds is 9. The maximum atomic E-state index is 13.0. The molecule has 40 heavy (non-hydrogen) atoms. The van der Waals surface area contributed by atoms with Crippen molar-refractivity contribution >= 4 is 47.4 Å². The second kappa shape index (κ2) is 12.5. The molecule has 2 aromatic carbocycles. The van der Waals surface area contributed by atoms with E-state index in [0.29, 0.717) is 32.0 Å². The van der Waals surface area contributed by atoms with Crippen LogP contribution in [0.4, 0.5) is 11.4 Å². The molecule has 0 aliphatic carbocycles. The van der Waals surface area contributed by atoms with E-state index in [4.69, 9.17) is 4.74 Å². The molecule has 0 bridgehead atoms. The predicted molar refractivity (Wildman–Crippen MR) is 151 cm³/mol. The van der Waals surface area contributed by atoms with Gasteiger partial charge in [0.2, 0.25) is 36.0 Å². The van der Waals surface area contributed by atoms with Crippen molar-refractivity contribution in [3.05, 3.63) is 48.5 Å². The van der Waals surface area contributed by atoms with E-state index in [0.717, 1.165) is 36.2 Å². The van der Waals surface area contributed by atoms with Crippen LogP contribution in [0.3, 0.4) is 0 Å². The van der Waals surface area contributed by atoms with Crippen molar-refractivity contribution in [1.82, 2.24) is 8.61 Å². The van der Waals surface area contributed by atoms with Gasteiger partial charge < -0.3 is 10.1 Å². The molecule has 15 heteroatoms. The number of carbonyl (C=O) groups is 1. The zero-order chi connectivity index (χ0) is 29.0. The van der Waals surface area contributed by atoms with Crippen LogP contribution in [-0.2, 0) is 39.6 Å². The van der Waals surface area contributed by atoms with Crippen LogP contribution in [0.2, 0.25) is 0 Å². The molecule has 4 rings (SSSR count). The highest BCUT2D eigenvalue weighted by Gasteiger charge is 2.28. The minimum atomic E-state index is -3.90. The van der Waals surface area contributed by atoms with Gasteiger partial charge in [-0.05, 0) is 61.4 Å². The Morgan fingerprint density at radius 2 is 1.23 bits per heavy atom. The number of carbonyl (C=O) groups excluding carboxylic acids is 1. The first-order valence-corrected chi connectivity index (χ1v) is 17.7. The van der Waals surface area contributed by atoms with Crippen molar-refractivity contribution in [1.29, 1.82) is 0 Å². The number of hydrogen-bond acceptors (Lipinski definition) is 8. The first-order chi connectivity index (χ1) is 18.9. The second-order valence-electron chi connectivity index (χ2n) is 9.67. The number of amides is 1. The van der Waals surface area contributed by atoms with Crippen LogP contribution in [0.5, 0.6) is 0 Å². The van der Waals surface area contributed by atoms with Gasteiger partial charge in [0.15, 0.2) is 0 Å². The minimum Gasteiger partial charge on any atom is -0.379 e. The van der Waals surface area contributed by atoms with Crippen LogP contribution in [0.1, 0.15) is 25.7 Å². The van der Waals surface area contributed by atoms with Crippen LogP contribution in [0.15, 0.2) is 58.3 Å². The Labute approximate surface area is 236 Å². The normalized spacial score (nSPS) is 18.1. The summed E-state index contributed by atoms with van der Waals surface area (Å²) >= 11 is 0. The molecule has 12 nitrogen and oxygen atoms in total. The van der Waals surface area contributed by atoms with E-state index in [9.17, 15) is 30.0 Å². The Hall–Kier alpha value is -2.56. The van der Waals surface area contributed by atoms with Gasteiger partial charge in [0.05, 0.1) is 34.9 Å². The number of hydrogen-bond donors (Lipinski definition) is 1. The monoisotopic (exact) mass is 614 g/mol. The second-order valence-corrected chi connectivity index (χ2v) is 15.5. The summed E-state index contributed by atoms with van der Waals surface area (Å²) in [5.74, 6) is -0.654. The third-order valence-corrected chi connectivity index (χ3v) is 11.7. The van der Waals surface area contributed by atoms with E-state index < -0.39 is 42.5 Å². The third kappa shape index (κ3) is 7.19. The highest BCUT2D eigenvalue weighted by molar-refractivity contribution is 7.92. The van der Waals surface area contributed by atoms with Gasteiger partial charge >= 0.3 is 0 Å². The summed E-state index contributed by atoms with van der Waals surface area (Å²) in [6, 6.07) is 11.0. The van der Waals surface area contributed by atoms with Crippen molar-refractivity contribution in [3.63, 3.8) is 0 Å². The van der Waals surface area contributed by atoms with Gasteiger partial charge in [-0.3, -0.25) is 9.10 Å². The number of morpholine rings is 1. The Morgan fingerprint density at radius 3 is 1.73 bits per heavy atom. The number of nitrogens with one attached hydrogen (secondary N) is 1. The van der Waals surface area contributed by atoms with Crippen LogP contribution in [-0.4, -0.2) is 92.0 Å². The summed E-state index contributed by atoms with van der Waals surface area (Å²) in [5, 5.41) is 2.59. The van der Waals surface area contributed by atoms with E-state index in [1.807, 2.05) is 0 Å². The number of sulfonamides is 3. The molecule has 0 atom stereocenters. The Kier molecular flexibility index (Phi) is 9.52. The summed E-state index contributed by atoms with van der Waals surface area (Å²) in [5.41, 5.74) is 0.428. The molecule has 0 spiro atoms. The fraction of sp³-hybridized carbons (Fsp3) is 0.480. The number of nitrogens with zero attached hydrogens (tertiary/aromatic N) is 3. The van der Waals surface area contributed by atoms with E-state index in [-0.39, 0.29) is 28.6 Å². The summed E-state index contributed by atoms with van der Waals surface area (Å²) in [4.78, 5) is 12.9. The SMILES string of the molecule is CS(=O)(=O)N(CC(=O)Nc1ccc(S(=O)(=O)N2CCCCCC2)cc1)c1ccc(S(=O)(=O)N2CCOCC2)cc1. The maximum absolute atomic E-state index is 13.0. The molecule has 2 heterocycles. The van der Waals surface area contributed by atoms with Gasteiger partial charge in [0.25, 0.3) is 0 Å². The lowest BCUT2D eigenvalue weighted by Crippen LogP contribution is -2.40. The Bertz CT molecular complexity index is 1500. The average molecular weight is 615 g/mol. The zero-order valence-electron chi connectivity index (χ0n) is 22.2. The fourth-order valence-electron chi connectivity index (χ4n) is 4.59. The molecule has 0 saturated carbocycles. The average Bonchev–Trinajstić information content (AvgIpc) is 3.23. The molecule has 2 aliphatic rings. The first kappa shape index (κ1) is 30.4. The molecule has 2 saturated heterocycles. The topological polar surface area (TPSA) is 150 Å². The van der Waals surface area contributed by atoms with Crippen LogP contribution < -0.4 is 9.62 Å². The van der Waals surface area contributed by atoms with Crippen molar-refractivity contribution in [2.75, 3.05) is 61.8 Å². The third-order valence-electron chi connectivity index (χ3n) is 6.76. The van der Waals surface area contributed by atoms with E-state index >= 15 is 0 Å². The summed E-state index contributed by atoms with van der Waals surface area (Å²) in [7, 11) is -11.3. The maximum Gasteiger partial charge on any atom is 0.245 e. The highest BCUT2D eigenvalue weighted by atomic mass is 32.2. The van der Waals surface area contributed by atoms with E-state index in [1.165, 1.54) is 57.1 Å². The lowest BCUT2D eigenvalue weighted by atomic mass is 10.2. The van der Waals surface area contributed by atoms with Crippen LogP contribution in [0, 0.1) is 0 Å². The van der Waals surface area contributed by atoms with Gasteiger partial charge in [0, 0.05) is 31.9 Å². The molecule has 0 unspecified atom stereocenters. The zero-order valence-corrected chi connectivity index (χ0v) is 24.7. The van der Waals surface area contributed by atoms with Crippen molar-refractivity contribution in [3.8, 4) is 0 Å². The van der Waals surface area contributed by atoms with Crippen LogP contribution >= 0.6 is 0 Å². The molecule has 2 aliphatic heterocycles. The largest absolute Gasteiger partial charge is 0.379 e. The van der Waals surface area contributed by atoms with E-state index in [1.54, 1.807) is 0 Å².